The molecule has 1 heterocycles. The van der Waals surface area contributed by atoms with Gasteiger partial charge in [-0.25, -0.2) is 0 Å². The summed E-state index contributed by atoms with van der Waals surface area (Å²) in [6, 6.07) is 9.98. The molecule has 1 N–H and O–H groups in total. The summed E-state index contributed by atoms with van der Waals surface area (Å²) in [5, 5.41) is 8.94. The smallest absolute Gasteiger partial charge is 0.305 e. The fourth-order valence-corrected chi connectivity index (χ4v) is 2.65. The average molecular weight is 290 g/mol. The van der Waals surface area contributed by atoms with Crippen LogP contribution in [0, 0.1) is 0 Å². The second-order valence-electron chi connectivity index (χ2n) is 5.39. The van der Waals surface area contributed by atoms with E-state index in [2.05, 4.69) is 6.58 Å². The largest absolute Gasteiger partial charge is 0.481 e. The first-order chi connectivity index (χ1) is 10.2. The van der Waals surface area contributed by atoms with Crippen molar-refractivity contribution in [3.05, 3.63) is 48.6 Å². The molecule has 3 atom stereocenters. The number of aliphatic carboxylic acids is 1. The van der Waals surface area contributed by atoms with Crippen LogP contribution in [0.15, 0.2) is 43.0 Å². The predicted octanol–water partition coefficient (Wildman–Crippen LogP) is 3.17. The summed E-state index contributed by atoms with van der Waals surface area (Å²) in [6.45, 7) is 4.27. The molecule has 0 amide bonds. The summed E-state index contributed by atoms with van der Waals surface area (Å²) in [4.78, 5) is 10.9. The maximum atomic E-state index is 10.9. The highest BCUT2D eigenvalue weighted by Crippen LogP contribution is 2.26. The van der Waals surface area contributed by atoms with E-state index in [0.29, 0.717) is 13.0 Å². The molecule has 0 radical (unpaired) electrons. The molecule has 114 valence electrons. The van der Waals surface area contributed by atoms with Gasteiger partial charge in [-0.05, 0) is 12.0 Å². The fraction of sp³-hybridized carbons (Fsp3) is 0.471. The Morgan fingerprint density at radius 3 is 2.71 bits per heavy atom. The summed E-state index contributed by atoms with van der Waals surface area (Å²) in [5.74, 6) is -0.832. The van der Waals surface area contributed by atoms with Crippen molar-refractivity contribution in [1.29, 1.82) is 0 Å². The molecule has 1 aliphatic heterocycles. The first kappa shape index (κ1) is 15.7. The van der Waals surface area contributed by atoms with Crippen molar-refractivity contribution < 1.29 is 19.4 Å². The van der Waals surface area contributed by atoms with Crippen LogP contribution in [0.5, 0.6) is 0 Å². The Hall–Kier alpha value is -1.65. The number of hydrogen-bond donors (Lipinski definition) is 1. The third-order valence-corrected chi connectivity index (χ3v) is 3.60. The fourth-order valence-electron chi connectivity index (χ4n) is 2.65. The van der Waals surface area contributed by atoms with Crippen molar-refractivity contribution in [3.63, 3.8) is 0 Å². The third kappa shape index (κ3) is 5.33. The SMILES string of the molecule is C=CC[C@H]1C[C@H](OCc2ccccc2)C[C@H](CC(=O)O)O1. The molecule has 1 aromatic rings. The Labute approximate surface area is 125 Å². The highest BCUT2D eigenvalue weighted by molar-refractivity contribution is 5.67. The predicted molar refractivity (Wildman–Crippen MR) is 80.0 cm³/mol. The Morgan fingerprint density at radius 2 is 2.05 bits per heavy atom. The first-order valence-electron chi connectivity index (χ1n) is 7.31. The zero-order valence-electron chi connectivity index (χ0n) is 12.1. The third-order valence-electron chi connectivity index (χ3n) is 3.60. The van der Waals surface area contributed by atoms with Crippen molar-refractivity contribution in [1.82, 2.24) is 0 Å². The summed E-state index contributed by atoms with van der Waals surface area (Å²) in [7, 11) is 0. The molecular formula is C17H22O4. The van der Waals surface area contributed by atoms with Crippen LogP contribution < -0.4 is 0 Å². The molecule has 2 rings (SSSR count). The minimum Gasteiger partial charge on any atom is -0.481 e. The van der Waals surface area contributed by atoms with Gasteiger partial charge < -0.3 is 14.6 Å². The van der Waals surface area contributed by atoms with Crippen LogP contribution >= 0.6 is 0 Å². The van der Waals surface area contributed by atoms with Gasteiger partial charge in [0.25, 0.3) is 0 Å². The number of carbonyl (C=O) groups is 1. The minimum atomic E-state index is -0.832. The zero-order chi connectivity index (χ0) is 15.1. The molecule has 4 heteroatoms. The maximum Gasteiger partial charge on any atom is 0.305 e. The second kappa shape index (κ2) is 7.96. The van der Waals surface area contributed by atoms with Crippen LogP contribution in [-0.4, -0.2) is 29.4 Å². The van der Waals surface area contributed by atoms with Gasteiger partial charge in [-0.2, -0.15) is 0 Å². The quantitative estimate of drug-likeness (QED) is 0.784. The maximum absolute atomic E-state index is 10.9. The molecule has 0 saturated carbocycles. The lowest BCUT2D eigenvalue weighted by Crippen LogP contribution is -2.37. The molecule has 0 unspecified atom stereocenters. The topological polar surface area (TPSA) is 55.8 Å². The van der Waals surface area contributed by atoms with Gasteiger partial charge in [-0.15, -0.1) is 6.58 Å². The zero-order valence-corrected chi connectivity index (χ0v) is 12.1. The van der Waals surface area contributed by atoms with Gasteiger partial charge in [0, 0.05) is 12.8 Å². The Bertz CT molecular complexity index is 457. The summed E-state index contributed by atoms with van der Waals surface area (Å²) in [6.07, 6.45) is 3.74. The summed E-state index contributed by atoms with van der Waals surface area (Å²) < 4.78 is 11.7. The van der Waals surface area contributed by atoms with Crippen LogP contribution in [0.1, 0.15) is 31.2 Å². The molecule has 1 saturated heterocycles. The van der Waals surface area contributed by atoms with Crippen molar-refractivity contribution in [2.45, 2.75) is 50.6 Å². The molecule has 21 heavy (non-hydrogen) atoms. The van der Waals surface area contributed by atoms with E-state index in [1.54, 1.807) is 0 Å². The summed E-state index contributed by atoms with van der Waals surface area (Å²) >= 11 is 0. The van der Waals surface area contributed by atoms with E-state index in [1.165, 1.54) is 0 Å². The minimum absolute atomic E-state index is 0.00127. The molecule has 1 fully saturated rings. The number of rotatable bonds is 7. The van der Waals surface area contributed by atoms with Gasteiger partial charge >= 0.3 is 5.97 Å². The van der Waals surface area contributed by atoms with E-state index in [0.717, 1.165) is 18.4 Å². The highest BCUT2D eigenvalue weighted by Gasteiger charge is 2.30. The van der Waals surface area contributed by atoms with E-state index in [1.807, 2.05) is 36.4 Å². The van der Waals surface area contributed by atoms with Crippen LogP contribution in [0.4, 0.5) is 0 Å². The van der Waals surface area contributed by atoms with Gasteiger partial charge in [-0.1, -0.05) is 36.4 Å². The standard InChI is InChI=1S/C17H22O4/c1-2-6-14-9-15(10-16(21-14)11-17(18)19)20-12-13-7-4-3-5-8-13/h2-5,7-8,14-16H,1,6,9-12H2,(H,18,19)/t14-,15-,16+/m0/s1. The monoisotopic (exact) mass is 290 g/mol. The van der Waals surface area contributed by atoms with Gasteiger partial charge in [0.2, 0.25) is 0 Å². The molecule has 0 aromatic heterocycles. The van der Waals surface area contributed by atoms with E-state index in [4.69, 9.17) is 14.6 Å². The van der Waals surface area contributed by atoms with E-state index in [-0.39, 0.29) is 24.7 Å². The molecule has 1 aromatic carbocycles. The lowest BCUT2D eigenvalue weighted by molar-refractivity contribution is -0.150. The van der Waals surface area contributed by atoms with Gasteiger partial charge in [0.1, 0.15) is 0 Å². The lowest BCUT2D eigenvalue weighted by Gasteiger charge is -2.34. The van der Waals surface area contributed by atoms with Crippen molar-refractivity contribution in [3.8, 4) is 0 Å². The molecule has 0 spiro atoms. The normalized spacial score (nSPS) is 25.4. The van der Waals surface area contributed by atoms with Crippen LogP contribution in [0.3, 0.4) is 0 Å². The van der Waals surface area contributed by atoms with Crippen LogP contribution in [-0.2, 0) is 20.9 Å². The molecule has 0 aliphatic carbocycles. The number of carboxylic acids is 1. The number of hydrogen-bond acceptors (Lipinski definition) is 3. The number of ether oxygens (including phenoxy) is 2. The molecule has 1 aliphatic rings. The van der Waals surface area contributed by atoms with Gasteiger partial charge in [0.15, 0.2) is 0 Å². The second-order valence-corrected chi connectivity index (χ2v) is 5.39. The van der Waals surface area contributed by atoms with Gasteiger partial charge in [0.05, 0.1) is 31.3 Å². The van der Waals surface area contributed by atoms with E-state index in [9.17, 15) is 4.79 Å². The van der Waals surface area contributed by atoms with E-state index < -0.39 is 5.97 Å². The van der Waals surface area contributed by atoms with Crippen LogP contribution in [0.2, 0.25) is 0 Å². The Balaban J connectivity index is 1.90. The molecule has 4 nitrogen and oxygen atoms in total. The highest BCUT2D eigenvalue weighted by atomic mass is 16.5. The Morgan fingerprint density at radius 1 is 1.33 bits per heavy atom. The van der Waals surface area contributed by atoms with Crippen molar-refractivity contribution >= 4 is 5.97 Å². The lowest BCUT2D eigenvalue weighted by atomic mass is 9.97. The van der Waals surface area contributed by atoms with E-state index >= 15 is 0 Å². The first-order valence-corrected chi connectivity index (χ1v) is 7.31. The number of carboxylic acid groups (broad SMARTS) is 1. The average Bonchev–Trinajstić information content (AvgIpc) is 2.46. The summed E-state index contributed by atoms with van der Waals surface area (Å²) in [5.41, 5.74) is 1.12. The number of benzene rings is 1. The van der Waals surface area contributed by atoms with Crippen molar-refractivity contribution in [2.75, 3.05) is 0 Å². The van der Waals surface area contributed by atoms with Crippen molar-refractivity contribution in [2.24, 2.45) is 0 Å². The molecular weight excluding hydrogens is 268 g/mol. The van der Waals surface area contributed by atoms with Crippen LogP contribution in [0.25, 0.3) is 0 Å². The molecule has 0 bridgehead atoms. The Kier molecular flexibility index (Phi) is 5.96. The van der Waals surface area contributed by atoms with Gasteiger partial charge in [-0.3, -0.25) is 4.79 Å².